The average Bonchev–Trinajstić information content (AvgIpc) is 2.35. The molecule has 2 nitrogen and oxygen atoms in total. The van der Waals surface area contributed by atoms with Crippen LogP contribution in [-0.2, 0) is 6.42 Å². The molecular formula is C15H12O2. The molecule has 0 saturated heterocycles. The summed E-state index contributed by atoms with van der Waals surface area (Å²) in [6.45, 7) is 1.59. The lowest BCUT2D eigenvalue weighted by Crippen LogP contribution is -2.08. The third-order valence-electron chi connectivity index (χ3n) is 3.07. The monoisotopic (exact) mass is 224 g/mol. The number of rotatable bonds is 1. The molecule has 1 aliphatic rings. The summed E-state index contributed by atoms with van der Waals surface area (Å²) in [6.07, 6.45) is 0.765. The number of ketones is 1. The number of carbonyl (C=O) groups excluding carboxylic acids is 1. The van der Waals surface area contributed by atoms with Gasteiger partial charge in [0, 0.05) is 17.5 Å². The van der Waals surface area contributed by atoms with Gasteiger partial charge in [0.1, 0.15) is 11.5 Å². The van der Waals surface area contributed by atoms with Crippen LogP contribution in [0.3, 0.4) is 0 Å². The lowest BCUT2D eigenvalue weighted by Gasteiger charge is -2.21. The minimum absolute atomic E-state index is 0.0878. The van der Waals surface area contributed by atoms with E-state index in [-0.39, 0.29) is 5.78 Å². The minimum Gasteiger partial charge on any atom is -0.457 e. The Hall–Kier alpha value is -2.09. The molecule has 0 spiro atoms. The third-order valence-corrected chi connectivity index (χ3v) is 3.07. The van der Waals surface area contributed by atoms with E-state index in [4.69, 9.17) is 4.74 Å². The zero-order valence-electron chi connectivity index (χ0n) is 9.57. The summed E-state index contributed by atoms with van der Waals surface area (Å²) in [5, 5.41) is 0. The molecule has 0 amide bonds. The summed E-state index contributed by atoms with van der Waals surface area (Å²) in [7, 11) is 0. The van der Waals surface area contributed by atoms with Gasteiger partial charge >= 0.3 is 0 Å². The number of carbonyl (C=O) groups is 1. The largest absolute Gasteiger partial charge is 0.457 e. The number of para-hydroxylation sites is 1. The molecule has 17 heavy (non-hydrogen) atoms. The van der Waals surface area contributed by atoms with Crippen LogP contribution in [0.15, 0.2) is 42.5 Å². The second kappa shape index (κ2) is 3.74. The summed E-state index contributed by atoms with van der Waals surface area (Å²) < 4.78 is 5.82. The molecule has 2 aromatic rings. The molecule has 0 atom stereocenters. The molecule has 0 radical (unpaired) electrons. The third kappa shape index (κ3) is 1.62. The summed E-state index contributed by atoms with van der Waals surface area (Å²) in [5.41, 5.74) is 2.89. The zero-order valence-corrected chi connectivity index (χ0v) is 9.57. The smallest absolute Gasteiger partial charge is 0.160 e. The van der Waals surface area contributed by atoms with E-state index >= 15 is 0 Å². The second-order valence-corrected chi connectivity index (χ2v) is 4.23. The van der Waals surface area contributed by atoms with E-state index in [0.717, 1.165) is 34.6 Å². The Kier molecular flexibility index (Phi) is 2.22. The summed E-state index contributed by atoms with van der Waals surface area (Å²) in [6, 6.07) is 13.6. The number of benzene rings is 2. The molecule has 0 N–H and O–H groups in total. The van der Waals surface area contributed by atoms with Crippen molar-refractivity contribution in [1.29, 1.82) is 0 Å². The van der Waals surface area contributed by atoms with Crippen LogP contribution in [-0.4, -0.2) is 5.78 Å². The van der Waals surface area contributed by atoms with Crippen molar-refractivity contribution in [3.8, 4) is 11.5 Å². The molecule has 0 unspecified atom stereocenters. The molecule has 2 heteroatoms. The highest BCUT2D eigenvalue weighted by Crippen LogP contribution is 2.37. The molecule has 0 aliphatic carbocycles. The Bertz CT molecular complexity index is 600. The van der Waals surface area contributed by atoms with Gasteiger partial charge in [-0.05, 0) is 24.6 Å². The van der Waals surface area contributed by atoms with Gasteiger partial charge in [0.15, 0.2) is 5.78 Å². The molecule has 1 heterocycles. The lowest BCUT2D eigenvalue weighted by molar-refractivity contribution is 0.101. The number of fused-ring (bicyclic) bond motifs is 2. The quantitative estimate of drug-likeness (QED) is 0.590. The minimum atomic E-state index is 0.0878. The van der Waals surface area contributed by atoms with E-state index in [0.29, 0.717) is 0 Å². The van der Waals surface area contributed by atoms with Gasteiger partial charge in [0.2, 0.25) is 0 Å². The molecule has 0 aromatic heterocycles. The molecule has 0 fully saturated rings. The van der Waals surface area contributed by atoms with Crippen molar-refractivity contribution in [1.82, 2.24) is 0 Å². The van der Waals surface area contributed by atoms with Gasteiger partial charge in [-0.25, -0.2) is 0 Å². The summed E-state index contributed by atoms with van der Waals surface area (Å²) in [4.78, 5) is 11.6. The highest BCUT2D eigenvalue weighted by molar-refractivity contribution is 5.96. The Labute approximate surface area is 99.9 Å². The van der Waals surface area contributed by atoms with Gasteiger partial charge in [-0.1, -0.05) is 30.3 Å². The Morgan fingerprint density at radius 2 is 1.82 bits per heavy atom. The van der Waals surface area contributed by atoms with Gasteiger partial charge in [0.25, 0.3) is 0 Å². The van der Waals surface area contributed by atoms with Crippen LogP contribution in [0.1, 0.15) is 28.4 Å². The fraction of sp³-hybridized carbons (Fsp3) is 0.133. The Morgan fingerprint density at radius 1 is 1.06 bits per heavy atom. The van der Waals surface area contributed by atoms with Crippen LogP contribution in [0.5, 0.6) is 11.5 Å². The number of hydrogen-bond donors (Lipinski definition) is 0. The predicted octanol–water partition coefficient (Wildman–Crippen LogP) is 3.59. The van der Waals surface area contributed by atoms with Crippen molar-refractivity contribution in [2.24, 2.45) is 0 Å². The fourth-order valence-corrected chi connectivity index (χ4v) is 2.23. The number of Topliss-reactive ketones (excluding diaryl/α,β-unsaturated/α-hetero) is 1. The van der Waals surface area contributed by atoms with Crippen LogP contribution in [0.4, 0.5) is 0 Å². The second-order valence-electron chi connectivity index (χ2n) is 4.23. The first-order valence-electron chi connectivity index (χ1n) is 5.64. The maximum atomic E-state index is 11.6. The van der Waals surface area contributed by atoms with Crippen molar-refractivity contribution in [3.63, 3.8) is 0 Å². The first-order chi connectivity index (χ1) is 8.25. The SMILES string of the molecule is CC(=O)c1cccc2c1Cc1ccccc1O2. The zero-order chi connectivity index (χ0) is 11.8. The Morgan fingerprint density at radius 3 is 2.65 bits per heavy atom. The molecule has 84 valence electrons. The van der Waals surface area contributed by atoms with E-state index < -0.39 is 0 Å². The molecule has 2 aromatic carbocycles. The maximum Gasteiger partial charge on any atom is 0.160 e. The van der Waals surface area contributed by atoms with Gasteiger partial charge < -0.3 is 4.74 Å². The first kappa shape index (κ1) is 10.1. The van der Waals surface area contributed by atoms with E-state index in [9.17, 15) is 4.79 Å². The van der Waals surface area contributed by atoms with Gasteiger partial charge in [-0.15, -0.1) is 0 Å². The number of hydrogen-bond acceptors (Lipinski definition) is 2. The fourth-order valence-electron chi connectivity index (χ4n) is 2.23. The van der Waals surface area contributed by atoms with Crippen molar-refractivity contribution in [2.75, 3.05) is 0 Å². The normalized spacial score (nSPS) is 12.3. The van der Waals surface area contributed by atoms with Crippen LogP contribution in [0, 0.1) is 0 Å². The lowest BCUT2D eigenvalue weighted by atomic mass is 9.94. The van der Waals surface area contributed by atoms with Crippen molar-refractivity contribution in [2.45, 2.75) is 13.3 Å². The first-order valence-corrected chi connectivity index (χ1v) is 5.64. The van der Waals surface area contributed by atoms with E-state index in [2.05, 4.69) is 0 Å². The van der Waals surface area contributed by atoms with Gasteiger partial charge in [-0.2, -0.15) is 0 Å². The summed E-state index contributed by atoms with van der Waals surface area (Å²) >= 11 is 0. The number of ether oxygens (including phenoxy) is 1. The molecular weight excluding hydrogens is 212 g/mol. The van der Waals surface area contributed by atoms with Crippen molar-refractivity contribution >= 4 is 5.78 Å². The van der Waals surface area contributed by atoms with Crippen molar-refractivity contribution in [3.05, 3.63) is 59.2 Å². The molecule has 3 rings (SSSR count). The predicted molar refractivity (Wildman–Crippen MR) is 65.8 cm³/mol. The van der Waals surface area contributed by atoms with Crippen LogP contribution < -0.4 is 4.74 Å². The van der Waals surface area contributed by atoms with Crippen LogP contribution in [0.2, 0.25) is 0 Å². The van der Waals surface area contributed by atoms with E-state index in [1.165, 1.54) is 0 Å². The van der Waals surface area contributed by atoms with Crippen molar-refractivity contribution < 1.29 is 9.53 Å². The van der Waals surface area contributed by atoms with Gasteiger partial charge in [0.05, 0.1) is 0 Å². The highest BCUT2D eigenvalue weighted by Gasteiger charge is 2.20. The molecule has 1 aliphatic heterocycles. The van der Waals surface area contributed by atoms with Gasteiger partial charge in [-0.3, -0.25) is 4.79 Å². The van der Waals surface area contributed by atoms with Crippen LogP contribution in [0.25, 0.3) is 0 Å². The standard InChI is InChI=1S/C15H12O2/c1-10(16)12-6-4-8-15-13(12)9-11-5-2-3-7-14(11)17-15/h2-8H,9H2,1H3. The molecule has 0 saturated carbocycles. The summed E-state index contributed by atoms with van der Waals surface area (Å²) in [5.74, 6) is 1.78. The van der Waals surface area contributed by atoms with Crippen LogP contribution >= 0.6 is 0 Å². The maximum absolute atomic E-state index is 11.6. The Balaban J connectivity index is 2.15. The van der Waals surface area contributed by atoms with E-state index in [1.807, 2.05) is 42.5 Å². The molecule has 0 bridgehead atoms. The topological polar surface area (TPSA) is 26.3 Å². The average molecular weight is 224 g/mol. The van der Waals surface area contributed by atoms with E-state index in [1.54, 1.807) is 6.92 Å². The highest BCUT2D eigenvalue weighted by atomic mass is 16.5.